The van der Waals surface area contributed by atoms with E-state index in [4.69, 9.17) is 19.2 Å². The van der Waals surface area contributed by atoms with E-state index in [0.717, 1.165) is 24.9 Å². The number of carbonyl (C=O) groups excluding carboxylic acids is 1. The average molecular weight is 701 g/mol. The maximum absolute atomic E-state index is 16.8. The molecule has 0 spiro atoms. The van der Waals surface area contributed by atoms with Gasteiger partial charge in [0.15, 0.2) is 17.3 Å². The Kier molecular flexibility index (Phi) is 10.7. The van der Waals surface area contributed by atoms with Crippen molar-refractivity contribution in [1.82, 2.24) is 19.5 Å². The highest BCUT2D eigenvalue weighted by atomic mass is 79.9. The Morgan fingerprint density at radius 3 is 2.05 bits per heavy atom. The summed E-state index contributed by atoms with van der Waals surface area (Å²) in [6, 6.07) is 2.03. The van der Waals surface area contributed by atoms with Gasteiger partial charge in [0, 0.05) is 47.4 Å². The first-order chi connectivity index (χ1) is 19.9. The zero-order chi connectivity index (χ0) is 31.7. The molecule has 242 valence electrons. The average Bonchev–Trinajstić information content (AvgIpc) is 3.36. The quantitative estimate of drug-likeness (QED) is 0.128. The molecule has 1 amide bonds. The smallest absolute Gasteiger partial charge is 0.410 e. The van der Waals surface area contributed by atoms with Gasteiger partial charge in [-0.1, -0.05) is 39.3 Å². The molecule has 4 rings (SSSR count). The second kappa shape index (κ2) is 13.4. The molecule has 0 radical (unpaired) electrons. The van der Waals surface area contributed by atoms with E-state index in [1.54, 1.807) is 10.7 Å². The van der Waals surface area contributed by atoms with E-state index < -0.39 is 27.6 Å². The molecule has 0 saturated carbocycles. The largest absolute Gasteiger partial charge is 0.444 e. The third-order valence-electron chi connectivity index (χ3n) is 8.06. The summed E-state index contributed by atoms with van der Waals surface area (Å²) in [5, 5.41) is 4.49. The van der Waals surface area contributed by atoms with Gasteiger partial charge in [0.05, 0.1) is 16.4 Å². The molecule has 2 unspecified atom stereocenters. The number of carbonyl (C=O) groups is 1. The first kappa shape index (κ1) is 34.3. The van der Waals surface area contributed by atoms with Crippen molar-refractivity contribution in [2.45, 2.75) is 121 Å². The lowest BCUT2D eigenvalue weighted by Gasteiger charge is -2.39. The molecule has 2 fully saturated rings. The standard InChI is InChI=1S/C30H51BrFN5O4Si2/c1-30(2,3)41-29(38)36-22-10-11-23(36)17-21(16-22)26-25(32)28(37-27(34-26)24(31)18-33-37)35(19-39-12-14-42(4,5)6)20-40-13-15-43(7,8)9/h18,21-23H,10-17,19-20H2,1-9H3. The Labute approximate surface area is 267 Å². The van der Waals surface area contributed by atoms with Crippen molar-refractivity contribution < 1.29 is 23.4 Å². The summed E-state index contributed by atoms with van der Waals surface area (Å²) in [7, 11) is -2.59. The summed E-state index contributed by atoms with van der Waals surface area (Å²) >= 11 is 3.59. The van der Waals surface area contributed by atoms with Crippen molar-refractivity contribution in [3.63, 3.8) is 0 Å². The van der Waals surface area contributed by atoms with Crippen LogP contribution >= 0.6 is 15.9 Å². The van der Waals surface area contributed by atoms with Crippen LogP contribution in [0.3, 0.4) is 0 Å². The Hall–Kier alpha value is -1.55. The van der Waals surface area contributed by atoms with Crippen LogP contribution in [0.1, 0.15) is 58.1 Å². The summed E-state index contributed by atoms with van der Waals surface area (Å²) in [4.78, 5) is 21.6. The second-order valence-corrected chi connectivity index (χ2v) is 27.6. The van der Waals surface area contributed by atoms with Gasteiger partial charge in [0.2, 0.25) is 0 Å². The Balaban J connectivity index is 1.63. The minimum atomic E-state index is -1.29. The van der Waals surface area contributed by atoms with Crippen molar-refractivity contribution in [2.24, 2.45) is 0 Å². The molecule has 2 bridgehead atoms. The predicted octanol–water partition coefficient (Wildman–Crippen LogP) is 7.71. The Morgan fingerprint density at radius 2 is 1.56 bits per heavy atom. The molecule has 0 aliphatic carbocycles. The molecule has 2 aromatic heterocycles. The van der Waals surface area contributed by atoms with E-state index in [-0.39, 0.29) is 37.6 Å². The van der Waals surface area contributed by atoms with Gasteiger partial charge in [0.1, 0.15) is 19.1 Å². The van der Waals surface area contributed by atoms with Crippen LogP contribution in [-0.2, 0) is 14.2 Å². The Morgan fingerprint density at radius 1 is 1.02 bits per heavy atom. The van der Waals surface area contributed by atoms with Crippen LogP contribution in [0.2, 0.25) is 51.4 Å². The number of piperidine rings is 1. The molecule has 2 atom stereocenters. The van der Waals surface area contributed by atoms with Crippen molar-refractivity contribution >= 4 is 49.6 Å². The van der Waals surface area contributed by atoms with Crippen LogP contribution in [0.5, 0.6) is 0 Å². The molecular weight excluding hydrogens is 649 g/mol. The number of aromatic nitrogens is 3. The second-order valence-electron chi connectivity index (χ2n) is 15.5. The highest BCUT2D eigenvalue weighted by Gasteiger charge is 2.46. The molecule has 2 aromatic rings. The number of amides is 1. The summed E-state index contributed by atoms with van der Waals surface area (Å²) < 4.78 is 37.1. The van der Waals surface area contributed by atoms with Crippen molar-refractivity contribution in [3.8, 4) is 0 Å². The van der Waals surface area contributed by atoms with Crippen LogP contribution in [0.15, 0.2) is 10.7 Å². The monoisotopic (exact) mass is 699 g/mol. The number of halogens is 2. The molecular formula is C30H51BrFN5O4Si2. The fourth-order valence-corrected chi connectivity index (χ4v) is 7.63. The number of hydrogen-bond acceptors (Lipinski definition) is 7. The lowest BCUT2D eigenvalue weighted by molar-refractivity contribution is 0.00558. The lowest BCUT2D eigenvalue weighted by Crippen LogP contribution is -2.48. The van der Waals surface area contributed by atoms with E-state index in [1.165, 1.54) is 0 Å². The molecule has 13 heteroatoms. The van der Waals surface area contributed by atoms with Crippen LogP contribution in [-0.4, -0.2) is 86.1 Å². The van der Waals surface area contributed by atoms with E-state index in [2.05, 4.69) is 60.3 Å². The first-order valence-corrected chi connectivity index (χ1v) is 23.8. The summed E-state index contributed by atoms with van der Waals surface area (Å²) in [6.07, 6.45) is 4.42. The number of fused-ring (bicyclic) bond motifs is 3. The van der Waals surface area contributed by atoms with Crippen molar-refractivity contribution in [1.29, 1.82) is 0 Å². The maximum atomic E-state index is 16.8. The SMILES string of the molecule is CC(C)(C)OC(=O)N1C2CCC1CC(c1nc3c(Br)cnn3c(N(COCC[Si](C)(C)C)COCC[Si](C)(C)C)c1F)C2. The number of rotatable bonds is 12. The predicted molar refractivity (Wildman–Crippen MR) is 178 cm³/mol. The summed E-state index contributed by atoms with van der Waals surface area (Å²) in [5.41, 5.74) is 0.411. The van der Waals surface area contributed by atoms with Crippen LogP contribution < -0.4 is 4.90 Å². The summed E-state index contributed by atoms with van der Waals surface area (Å²) in [6.45, 7) is 21.1. The van der Waals surface area contributed by atoms with E-state index >= 15 is 4.39 Å². The van der Waals surface area contributed by atoms with E-state index in [9.17, 15) is 4.79 Å². The van der Waals surface area contributed by atoms with Gasteiger partial charge in [-0.3, -0.25) is 0 Å². The minimum absolute atomic E-state index is 0.00118. The molecule has 2 aliphatic rings. The van der Waals surface area contributed by atoms with Gasteiger partial charge in [-0.15, -0.1) is 0 Å². The van der Waals surface area contributed by atoms with Gasteiger partial charge in [-0.25, -0.2) is 14.2 Å². The topological polar surface area (TPSA) is 81.4 Å². The molecule has 4 heterocycles. The van der Waals surface area contributed by atoms with Crippen LogP contribution in [0, 0.1) is 5.82 Å². The van der Waals surface area contributed by atoms with Gasteiger partial charge in [-0.05, 0) is 74.5 Å². The zero-order valence-electron chi connectivity index (χ0n) is 27.5. The van der Waals surface area contributed by atoms with E-state index in [1.807, 2.05) is 30.6 Å². The maximum Gasteiger partial charge on any atom is 0.410 e. The van der Waals surface area contributed by atoms with Crippen LogP contribution in [0.4, 0.5) is 15.0 Å². The third kappa shape index (κ3) is 9.02. The molecule has 2 saturated heterocycles. The minimum Gasteiger partial charge on any atom is -0.444 e. The number of anilines is 1. The first-order valence-electron chi connectivity index (χ1n) is 15.6. The highest BCUT2D eigenvalue weighted by Crippen LogP contribution is 2.45. The Bertz CT molecular complexity index is 1240. The van der Waals surface area contributed by atoms with Gasteiger partial charge < -0.3 is 24.0 Å². The van der Waals surface area contributed by atoms with Crippen molar-refractivity contribution in [2.75, 3.05) is 31.6 Å². The van der Waals surface area contributed by atoms with Crippen LogP contribution in [0.25, 0.3) is 5.65 Å². The normalized spacial score (nSPS) is 21.1. The highest BCUT2D eigenvalue weighted by molar-refractivity contribution is 9.10. The number of ether oxygens (including phenoxy) is 3. The lowest BCUT2D eigenvalue weighted by atomic mass is 9.87. The number of hydrogen-bond donors (Lipinski definition) is 0. The van der Waals surface area contributed by atoms with Gasteiger partial charge in [0.25, 0.3) is 0 Å². The third-order valence-corrected chi connectivity index (χ3v) is 12.0. The van der Waals surface area contributed by atoms with Gasteiger partial charge >= 0.3 is 6.09 Å². The molecule has 2 aliphatic heterocycles. The fourth-order valence-electron chi connectivity index (χ4n) is 5.77. The number of nitrogens with zero attached hydrogens (tertiary/aromatic N) is 5. The molecule has 43 heavy (non-hydrogen) atoms. The van der Waals surface area contributed by atoms with Gasteiger partial charge in [-0.2, -0.15) is 9.61 Å². The zero-order valence-corrected chi connectivity index (χ0v) is 31.1. The molecule has 0 N–H and O–H groups in total. The molecule has 0 aromatic carbocycles. The van der Waals surface area contributed by atoms with Crippen molar-refractivity contribution in [3.05, 3.63) is 22.2 Å². The fraction of sp³-hybridized carbons (Fsp3) is 0.767. The summed E-state index contributed by atoms with van der Waals surface area (Å²) in [5.74, 6) is -0.237. The molecule has 9 nitrogen and oxygen atoms in total. The van der Waals surface area contributed by atoms with E-state index in [0.29, 0.717) is 47.7 Å².